The summed E-state index contributed by atoms with van der Waals surface area (Å²) in [6, 6.07) is 6.45. The molecule has 1 aromatic heterocycles. The zero-order valence-corrected chi connectivity index (χ0v) is 15.7. The van der Waals surface area contributed by atoms with Crippen molar-refractivity contribution in [2.75, 3.05) is 7.11 Å². The highest BCUT2D eigenvalue weighted by atomic mass is 35.5. The van der Waals surface area contributed by atoms with E-state index in [1.807, 2.05) is 13.8 Å². The first-order valence-electron chi connectivity index (χ1n) is 8.00. The molecule has 5 heteroatoms. The quantitative estimate of drug-likeness (QED) is 0.544. The summed E-state index contributed by atoms with van der Waals surface area (Å²) in [7, 11) is 1.54. The van der Waals surface area contributed by atoms with Gasteiger partial charge in [0.15, 0.2) is 5.78 Å². The van der Waals surface area contributed by atoms with E-state index < -0.39 is 0 Å². The molecule has 1 heterocycles. The van der Waals surface area contributed by atoms with Gasteiger partial charge in [-0.25, -0.2) is 0 Å². The number of pyridine rings is 1. The minimum absolute atomic E-state index is 0.0420. The van der Waals surface area contributed by atoms with Crippen molar-refractivity contribution in [2.45, 2.75) is 33.2 Å². The maximum absolute atomic E-state index is 12.6. The minimum Gasteiger partial charge on any atom is -0.495 e. The molecule has 0 aliphatic heterocycles. The topological polar surface area (TPSA) is 48.3 Å². The van der Waals surface area contributed by atoms with Crippen LogP contribution in [0.4, 0.5) is 0 Å². The van der Waals surface area contributed by atoms with Crippen molar-refractivity contribution >= 4 is 17.4 Å². The van der Waals surface area contributed by atoms with Crippen LogP contribution in [0.25, 0.3) is 11.1 Å². The molecule has 0 amide bonds. The average Bonchev–Trinajstić information content (AvgIpc) is 2.53. The van der Waals surface area contributed by atoms with E-state index in [4.69, 9.17) is 16.3 Å². The number of nitrogens with zero attached hydrogens (tertiary/aromatic N) is 1. The number of Topliss-reactive ketones (excluding diaryl/α,β-unsaturated/α-hetero) is 1. The van der Waals surface area contributed by atoms with Crippen LogP contribution in [-0.2, 0) is 0 Å². The molecule has 0 N–H and O–H groups in total. The largest absolute Gasteiger partial charge is 0.495 e. The van der Waals surface area contributed by atoms with Crippen LogP contribution < -0.4 is 10.3 Å². The van der Waals surface area contributed by atoms with E-state index in [2.05, 4.69) is 6.58 Å². The molecule has 25 heavy (non-hydrogen) atoms. The Bertz CT molecular complexity index is 883. The lowest BCUT2D eigenvalue weighted by Gasteiger charge is -2.19. The van der Waals surface area contributed by atoms with Crippen LogP contribution in [-0.4, -0.2) is 17.5 Å². The molecule has 1 unspecified atom stereocenters. The molecule has 0 spiro atoms. The second-order valence-electron chi connectivity index (χ2n) is 6.26. The Morgan fingerprint density at radius 2 is 1.96 bits per heavy atom. The van der Waals surface area contributed by atoms with Crippen LogP contribution in [0.3, 0.4) is 0 Å². The number of halogens is 1. The highest BCUT2D eigenvalue weighted by Crippen LogP contribution is 2.34. The highest BCUT2D eigenvalue weighted by molar-refractivity contribution is 6.31. The smallest absolute Gasteiger partial charge is 0.251 e. The summed E-state index contributed by atoms with van der Waals surface area (Å²) in [4.78, 5) is 24.6. The van der Waals surface area contributed by atoms with Gasteiger partial charge < -0.3 is 9.30 Å². The van der Waals surface area contributed by atoms with Gasteiger partial charge in [-0.2, -0.15) is 0 Å². The number of ketones is 1. The Kier molecular flexibility index (Phi) is 5.85. The van der Waals surface area contributed by atoms with Crippen LogP contribution in [0.15, 0.2) is 47.4 Å². The van der Waals surface area contributed by atoms with Crippen molar-refractivity contribution in [1.29, 1.82) is 0 Å². The molecule has 0 saturated heterocycles. The van der Waals surface area contributed by atoms with Crippen molar-refractivity contribution < 1.29 is 9.53 Å². The van der Waals surface area contributed by atoms with Gasteiger partial charge in [0.2, 0.25) is 0 Å². The number of benzene rings is 1. The van der Waals surface area contributed by atoms with E-state index in [1.165, 1.54) is 20.1 Å². The summed E-state index contributed by atoms with van der Waals surface area (Å²) in [6.07, 6.45) is 2.37. The van der Waals surface area contributed by atoms with E-state index in [0.717, 1.165) is 5.57 Å². The summed E-state index contributed by atoms with van der Waals surface area (Å²) in [6.45, 7) is 9.26. The third-order valence-corrected chi connectivity index (χ3v) is 4.27. The van der Waals surface area contributed by atoms with E-state index in [0.29, 0.717) is 33.9 Å². The molecule has 0 saturated carbocycles. The fraction of sp³-hybridized carbons (Fsp3) is 0.300. The molecule has 132 valence electrons. The number of methoxy groups -OCH3 is 1. The Morgan fingerprint density at radius 3 is 2.52 bits per heavy atom. The minimum atomic E-state index is -0.168. The summed E-state index contributed by atoms with van der Waals surface area (Å²) in [5.41, 5.74) is 2.47. The molecular weight excluding hydrogens is 338 g/mol. The van der Waals surface area contributed by atoms with Gasteiger partial charge in [0.1, 0.15) is 5.75 Å². The molecule has 4 nitrogen and oxygen atoms in total. The monoisotopic (exact) mass is 359 g/mol. The van der Waals surface area contributed by atoms with Crippen molar-refractivity contribution in [2.24, 2.45) is 0 Å². The van der Waals surface area contributed by atoms with Crippen LogP contribution >= 0.6 is 11.6 Å². The SMILES string of the molecule is C=C(C)CC(C)n1cc(OC)c(-c2cc(Cl)ccc2C(C)=O)cc1=O. The molecule has 0 radical (unpaired) electrons. The highest BCUT2D eigenvalue weighted by Gasteiger charge is 2.17. The molecule has 0 bridgehead atoms. The van der Waals surface area contributed by atoms with Crippen LogP contribution in [0.5, 0.6) is 5.75 Å². The van der Waals surface area contributed by atoms with E-state index in [-0.39, 0.29) is 17.4 Å². The Morgan fingerprint density at radius 1 is 1.28 bits per heavy atom. The zero-order chi connectivity index (χ0) is 18.7. The lowest BCUT2D eigenvalue weighted by atomic mass is 9.97. The Hall–Kier alpha value is -2.33. The maximum Gasteiger partial charge on any atom is 0.251 e. The molecular formula is C20H22ClNO3. The van der Waals surface area contributed by atoms with Gasteiger partial charge in [0.25, 0.3) is 5.56 Å². The molecule has 1 atom stereocenters. The van der Waals surface area contributed by atoms with Crippen molar-refractivity contribution in [3.05, 3.63) is 63.6 Å². The number of hydrogen-bond donors (Lipinski definition) is 0. The van der Waals surface area contributed by atoms with E-state index in [9.17, 15) is 9.59 Å². The molecule has 2 aromatic rings. The number of carbonyl (C=O) groups is 1. The fourth-order valence-electron chi connectivity index (χ4n) is 2.90. The lowest BCUT2D eigenvalue weighted by Crippen LogP contribution is -2.23. The number of carbonyl (C=O) groups excluding carboxylic acids is 1. The van der Waals surface area contributed by atoms with Gasteiger partial charge in [-0.05, 0) is 51.0 Å². The summed E-state index contributed by atoms with van der Waals surface area (Å²) < 4.78 is 7.11. The average molecular weight is 360 g/mol. The van der Waals surface area contributed by atoms with Gasteiger partial charge in [0, 0.05) is 28.3 Å². The third-order valence-electron chi connectivity index (χ3n) is 4.03. The molecule has 0 fully saturated rings. The zero-order valence-electron chi connectivity index (χ0n) is 14.9. The second-order valence-corrected chi connectivity index (χ2v) is 6.69. The summed E-state index contributed by atoms with van der Waals surface area (Å²) >= 11 is 6.10. The molecule has 1 aromatic carbocycles. The van der Waals surface area contributed by atoms with Crippen molar-refractivity contribution in [1.82, 2.24) is 4.57 Å². The van der Waals surface area contributed by atoms with Gasteiger partial charge >= 0.3 is 0 Å². The summed E-state index contributed by atoms with van der Waals surface area (Å²) in [5, 5.41) is 0.488. The Labute approximate surface area is 152 Å². The predicted molar refractivity (Wildman–Crippen MR) is 102 cm³/mol. The van der Waals surface area contributed by atoms with Gasteiger partial charge in [0.05, 0.1) is 13.3 Å². The lowest BCUT2D eigenvalue weighted by molar-refractivity contribution is 0.101. The molecule has 0 aliphatic rings. The van der Waals surface area contributed by atoms with E-state index >= 15 is 0 Å². The fourth-order valence-corrected chi connectivity index (χ4v) is 3.07. The standard InChI is InChI=1S/C20H22ClNO3/c1-12(2)8-13(3)22-11-19(25-5)18(10-20(22)24)17-9-15(21)6-7-16(17)14(4)23/h6-7,9-11,13H,1,8H2,2-5H3. The van der Waals surface area contributed by atoms with Gasteiger partial charge in [-0.3, -0.25) is 9.59 Å². The Balaban J connectivity index is 2.67. The maximum atomic E-state index is 12.6. The molecule has 0 aliphatic carbocycles. The number of rotatable bonds is 6. The third kappa shape index (κ3) is 4.20. The normalized spacial score (nSPS) is 11.9. The van der Waals surface area contributed by atoms with Crippen LogP contribution in [0.1, 0.15) is 43.6 Å². The van der Waals surface area contributed by atoms with Crippen molar-refractivity contribution in [3.8, 4) is 16.9 Å². The first kappa shape index (κ1) is 19.0. The predicted octanol–water partition coefficient (Wildman–Crippen LogP) is 4.91. The first-order valence-corrected chi connectivity index (χ1v) is 8.37. The van der Waals surface area contributed by atoms with Crippen molar-refractivity contribution in [3.63, 3.8) is 0 Å². The van der Waals surface area contributed by atoms with Crippen LogP contribution in [0, 0.1) is 0 Å². The van der Waals surface area contributed by atoms with Gasteiger partial charge in [-0.1, -0.05) is 17.2 Å². The molecule has 2 rings (SSSR count). The number of allylic oxidation sites excluding steroid dienone is 1. The number of hydrogen-bond acceptors (Lipinski definition) is 3. The summed E-state index contributed by atoms with van der Waals surface area (Å²) in [5.74, 6) is 0.409. The second kappa shape index (κ2) is 7.70. The van der Waals surface area contributed by atoms with Crippen LogP contribution in [0.2, 0.25) is 5.02 Å². The van der Waals surface area contributed by atoms with E-state index in [1.54, 1.807) is 29.0 Å². The first-order chi connectivity index (χ1) is 11.7. The van der Waals surface area contributed by atoms with Gasteiger partial charge in [-0.15, -0.1) is 6.58 Å². The number of ether oxygens (including phenoxy) is 1. The number of aromatic nitrogens is 1.